The molecule has 0 spiro atoms. The van der Waals surface area contributed by atoms with Crippen molar-refractivity contribution in [2.45, 2.75) is 52.0 Å². The smallest absolute Gasteiger partial charge is 0.108 e. The molecule has 1 N–H and O–H groups in total. The lowest BCUT2D eigenvalue weighted by atomic mass is 9.95. The van der Waals surface area contributed by atoms with Crippen molar-refractivity contribution in [3.05, 3.63) is 58.5 Å². The Hall–Kier alpha value is -1.54. The fraction of sp³-hybridized carbons (Fsp3) is 0.474. The van der Waals surface area contributed by atoms with Crippen LogP contribution in [0.3, 0.4) is 0 Å². The Kier molecular flexibility index (Phi) is 4.45. The molecule has 2 aromatic rings. The molecule has 0 bridgehead atoms. The summed E-state index contributed by atoms with van der Waals surface area (Å²) in [6.07, 6.45) is 7.68. The maximum atomic E-state index is 5.65. The monoisotopic (exact) mass is 283 g/mol. The molecule has 0 saturated carbocycles. The van der Waals surface area contributed by atoms with Crippen LogP contribution in [0.1, 0.15) is 60.7 Å². The third kappa shape index (κ3) is 2.91. The molecule has 21 heavy (non-hydrogen) atoms. The second-order valence-electron chi connectivity index (χ2n) is 5.92. The Bertz CT molecular complexity index is 599. The SMILES string of the molecule is CCCNC(c1ccc2c(c1)CCC2)c1ccoc1CC. The molecule has 1 aromatic carbocycles. The highest BCUT2D eigenvalue weighted by atomic mass is 16.3. The molecule has 0 fully saturated rings. The molecule has 3 rings (SSSR count). The van der Waals surface area contributed by atoms with Gasteiger partial charge in [0, 0.05) is 12.0 Å². The zero-order chi connectivity index (χ0) is 14.7. The summed E-state index contributed by atoms with van der Waals surface area (Å²) < 4.78 is 5.65. The summed E-state index contributed by atoms with van der Waals surface area (Å²) in [5.74, 6) is 1.10. The number of furan rings is 1. The van der Waals surface area contributed by atoms with Gasteiger partial charge in [0.05, 0.1) is 12.3 Å². The summed E-state index contributed by atoms with van der Waals surface area (Å²) in [6, 6.07) is 9.40. The number of fused-ring (bicyclic) bond motifs is 1. The number of aryl methyl sites for hydroxylation is 3. The summed E-state index contributed by atoms with van der Waals surface area (Å²) in [4.78, 5) is 0. The number of hydrogen-bond donors (Lipinski definition) is 1. The lowest BCUT2D eigenvalue weighted by Crippen LogP contribution is -2.23. The first-order valence-corrected chi connectivity index (χ1v) is 8.24. The Labute approximate surface area is 127 Å². The van der Waals surface area contributed by atoms with Crippen molar-refractivity contribution in [2.75, 3.05) is 6.54 Å². The zero-order valence-electron chi connectivity index (χ0n) is 13.1. The standard InChI is InChI=1S/C19H25NO/c1-3-11-20-19(17-10-12-21-18(17)4-2)16-9-8-14-6-5-7-15(14)13-16/h8-10,12-13,19-20H,3-7,11H2,1-2H3. The van der Waals surface area contributed by atoms with Gasteiger partial charge >= 0.3 is 0 Å². The number of rotatable bonds is 6. The van der Waals surface area contributed by atoms with Crippen LogP contribution in [0, 0.1) is 0 Å². The largest absolute Gasteiger partial charge is 0.469 e. The molecular weight excluding hydrogens is 258 g/mol. The Balaban J connectivity index is 1.95. The van der Waals surface area contributed by atoms with E-state index in [-0.39, 0.29) is 6.04 Å². The number of hydrogen-bond acceptors (Lipinski definition) is 2. The van der Waals surface area contributed by atoms with E-state index < -0.39 is 0 Å². The molecule has 112 valence electrons. The molecule has 0 saturated heterocycles. The highest BCUT2D eigenvalue weighted by Gasteiger charge is 2.20. The van der Waals surface area contributed by atoms with Crippen molar-refractivity contribution in [1.82, 2.24) is 5.32 Å². The quantitative estimate of drug-likeness (QED) is 0.849. The van der Waals surface area contributed by atoms with Crippen LogP contribution < -0.4 is 5.32 Å². The first-order valence-electron chi connectivity index (χ1n) is 8.24. The topological polar surface area (TPSA) is 25.2 Å². The predicted molar refractivity (Wildman–Crippen MR) is 86.7 cm³/mol. The van der Waals surface area contributed by atoms with Gasteiger partial charge < -0.3 is 9.73 Å². The molecule has 1 aliphatic rings. The van der Waals surface area contributed by atoms with Gasteiger partial charge in [-0.25, -0.2) is 0 Å². The van der Waals surface area contributed by atoms with Crippen LogP contribution in [0.5, 0.6) is 0 Å². The van der Waals surface area contributed by atoms with Crippen LogP contribution in [0.15, 0.2) is 34.9 Å². The van der Waals surface area contributed by atoms with Crippen LogP contribution >= 0.6 is 0 Å². The Morgan fingerprint density at radius 2 is 2.00 bits per heavy atom. The maximum absolute atomic E-state index is 5.65. The fourth-order valence-corrected chi connectivity index (χ4v) is 3.36. The first kappa shape index (κ1) is 14.4. The van der Waals surface area contributed by atoms with Crippen LogP contribution in [0.4, 0.5) is 0 Å². The lowest BCUT2D eigenvalue weighted by molar-refractivity contribution is 0.500. The summed E-state index contributed by atoms with van der Waals surface area (Å²) in [7, 11) is 0. The van der Waals surface area contributed by atoms with E-state index in [2.05, 4.69) is 43.4 Å². The second-order valence-corrected chi connectivity index (χ2v) is 5.92. The fourth-order valence-electron chi connectivity index (χ4n) is 3.36. The van der Waals surface area contributed by atoms with E-state index in [1.807, 2.05) is 6.26 Å². The second kappa shape index (κ2) is 6.48. The van der Waals surface area contributed by atoms with Gasteiger partial charge in [-0.15, -0.1) is 0 Å². The number of benzene rings is 1. The highest BCUT2D eigenvalue weighted by molar-refractivity contribution is 5.40. The minimum atomic E-state index is 0.254. The van der Waals surface area contributed by atoms with Gasteiger partial charge in [-0.3, -0.25) is 0 Å². The van der Waals surface area contributed by atoms with E-state index in [1.165, 1.54) is 41.5 Å². The molecule has 1 unspecified atom stereocenters. The van der Waals surface area contributed by atoms with Crippen LogP contribution in [0.2, 0.25) is 0 Å². The van der Waals surface area contributed by atoms with Crippen LogP contribution in [0.25, 0.3) is 0 Å². The molecule has 0 radical (unpaired) electrons. The van der Waals surface area contributed by atoms with E-state index in [9.17, 15) is 0 Å². The van der Waals surface area contributed by atoms with Crippen molar-refractivity contribution in [3.8, 4) is 0 Å². The van der Waals surface area contributed by atoms with E-state index in [1.54, 1.807) is 0 Å². The molecule has 0 amide bonds. The van der Waals surface area contributed by atoms with E-state index >= 15 is 0 Å². The van der Waals surface area contributed by atoms with E-state index in [0.717, 1.165) is 25.1 Å². The molecule has 1 aliphatic carbocycles. The maximum Gasteiger partial charge on any atom is 0.108 e. The van der Waals surface area contributed by atoms with Crippen molar-refractivity contribution in [3.63, 3.8) is 0 Å². The summed E-state index contributed by atoms with van der Waals surface area (Å²) in [5, 5.41) is 3.69. The van der Waals surface area contributed by atoms with Gasteiger partial charge in [0.2, 0.25) is 0 Å². The summed E-state index contributed by atoms with van der Waals surface area (Å²) >= 11 is 0. The first-order chi connectivity index (χ1) is 10.3. The molecule has 1 aromatic heterocycles. The van der Waals surface area contributed by atoms with Crippen molar-refractivity contribution < 1.29 is 4.42 Å². The molecular formula is C19H25NO. The minimum Gasteiger partial charge on any atom is -0.469 e. The molecule has 2 nitrogen and oxygen atoms in total. The van der Waals surface area contributed by atoms with Crippen molar-refractivity contribution in [1.29, 1.82) is 0 Å². The van der Waals surface area contributed by atoms with Gasteiger partial charge in [-0.05, 0) is 55.0 Å². The summed E-state index contributed by atoms with van der Waals surface area (Å²) in [6.45, 7) is 5.39. The highest BCUT2D eigenvalue weighted by Crippen LogP contribution is 2.30. The average Bonchev–Trinajstić information content (AvgIpc) is 3.15. The van der Waals surface area contributed by atoms with Gasteiger partial charge in [-0.2, -0.15) is 0 Å². The van der Waals surface area contributed by atoms with E-state index in [4.69, 9.17) is 4.42 Å². The van der Waals surface area contributed by atoms with Crippen LogP contribution in [-0.4, -0.2) is 6.54 Å². The molecule has 1 heterocycles. The van der Waals surface area contributed by atoms with Crippen molar-refractivity contribution in [2.24, 2.45) is 0 Å². The Morgan fingerprint density at radius 1 is 1.14 bits per heavy atom. The Morgan fingerprint density at radius 3 is 2.81 bits per heavy atom. The van der Waals surface area contributed by atoms with Gasteiger partial charge in [0.15, 0.2) is 0 Å². The van der Waals surface area contributed by atoms with Gasteiger partial charge in [-0.1, -0.05) is 32.0 Å². The third-order valence-corrected chi connectivity index (χ3v) is 4.47. The van der Waals surface area contributed by atoms with Crippen molar-refractivity contribution >= 4 is 0 Å². The van der Waals surface area contributed by atoms with Crippen LogP contribution in [-0.2, 0) is 19.3 Å². The molecule has 1 atom stereocenters. The predicted octanol–water partition coefficient (Wildman–Crippen LogP) is 4.42. The normalized spacial score (nSPS) is 15.1. The van der Waals surface area contributed by atoms with Gasteiger partial charge in [0.1, 0.15) is 5.76 Å². The average molecular weight is 283 g/mol. The minimum absolute atomic E-state index is 0.254. The van der Waals surface area contributed by atoms with Gasteiger partial charge in [0.25, 0.3) is 0 Å². The lowest BCUT2D eigenvalue weighted by Gasteiger charge is -2.20. The molecule has 0 aliphatic heterocycles. The van der Waals surface area contributed by atoms with E-state index in [0.29, 0.717) is 0 Å². The summed E-state index contributed by atoms with van der Waals surface area (Å²) in [5.41, 5.74) is 5.75. The molecule has 2 heteroatoms. The third-order valence-electron chi connectivity index (χ3n) is 4.47. The zero-order valence-corrected chi connectivity index (χ0v) is 13.1. The number of nitrogens with one attached hydrogen (secondary N) is 1.